The van der Waals surface area contributed by atoms with Crippen molar-refractivity contribution in [3.63, 3.8) is 0 Å². The third kappa shape index (κ3) is 3.17. The molecule has 20 heavy (non-hydrogen) atoms. The minimum Gasteiger partial charge on any atom is -0.486 e. The number of rotatable bonds is 5. The molecule has 1 aromatic carbocycles. The monoisotopic (exact) mass is 289 g/mol. The van der Waals surface area contributed by atoms with Gasteiger partial charge in [-0.05, 0) is 24.5 Å². The number of benzene rings is 1. The van der Waals surface area contributed by atoms with E-state index in [1.165, 1.54) is 16.9 Å². The van der Waals surface area contributed by atoms with Crippen LogP contribution in [-0.2, 0) is 6.61 Å². The highest BCUT2D eigenvalue weighted by Crippen LogP contribution is 2.27. The van der Waals surface area contributed by atoms with Crippen LogP contribution >= 0.6 is 11.3 Å². The largest absolute Gasteiger partial charge is 0.486 e. The van der Waals surface area contributed by atoms with E-state index < -0.39 is 0 Å². The van der Waals surface area contributed by atoms with Crippen molar-refractivity contribution in [2.24, 2.45) is 5.73 Å². The molecule has 0 saturated heterocycles. The number of aryl methyl sites for hydroxylation is 1. The van der Waals surface area contributed by atoms with Gasteiger partial charge in [0.25, 0.3) is 0 Å². The summed E-state index contributed by atoms with van der Waals surface area (Å²) in [6.45, 7) is 6.55. The van der Waals surface area contributed by atoms with Gasteiger partial charge in [-0.2, -0.15) is 0 Å². The second kappa shape index (κ2) is 6.05. The van der Waals surface area contributed by atoms with Crippen molar-refractivity contribution in [2.75, 3.05) is 0 Å². The number of thiazole rings is 1. The smallest absolute Gasteiger partial charge is 0.140 e. The molecule has 2 rings (SSSR count). The Hall–Kier alpha value is -1.88. The molecule has 0 saturated carbocycles. The van der Waals surface area contributed by atoms with Gasteiger partial charge in [-0.15, -0.1) is 11.3 Å². The summed E-state index contributed by atoms with van der Waals surface area (Å²) < 4.78 is 5.87. The van der Waals surface area contributed by atoms with Crippen LogP contribution in [0.2, 0.25) is 0 Å². The van der Waals surface area contributed by atoms with Gasteiger partial charge in [0.05, 0.1) is 10.6 Å². The minimum absolute atomic E-state index is 0.0637. The number of aromatic nitrogens is 1. The highest BCUT2D eigenvalue weighted by Gasteiger charge is 2.12. The molecule has 0 fully saturated rings. The number of nitrogen functional groups attached to an aromatic ring is 1. The molecule has 0 aliphatic rings. The molecular weight excluding hydrogens is 270 g/mol. The quantitative estimate of drug-likeness (QED) is 0.654. The minimum atomic E-state index is 0.0637. The molecule has 0 atom stereocenters. The van der Waals surface area contributed by atoms with E-state index in [0.29, 0.717) is 12.5 Å². The lowest BCUT2D eigenvalue weighted by atomic mass is 10.0. The van der Waals surface area contributed by atoms with E-state index in [-0.39, 0.29) is 5.84 Å². The normalized spacial score (nSPS) is 10.8. The molecule has 5 heteroatoms. The van der Waals surface area contributed by atoms with Crippen LogP contribution in [0, 0.1) is 12.3 Å². The van der Waals surface area contributed by atoms with Crippen molar-refractivity contribution in [3.8, 4) is 5.75 Å². The molecule has 2 aromatic rings. The van der Waals surface area contributed by atoms with Crippen molar-refractivity contribution in [2.45, 2.75) is 33.3 Å². The van der Waals surface area contributed by atoms with Gasteiger partial charge in [0.1, 0.15) is 23.2 Å². The van der Waals surface area contributed by atoms with E-state index in [9.17, 15) is 0 Å². The van der Waals surface area contributed by atoms with Gasteiger partial charge in [-0.3, -0.25) is 5.41 Å². The van der Waals surface area contributed by atoms with Gasteiger partial charge in [0.2, 0.25) is 0 Å². The maximum atomic E-state index is 7.48. The molecular formula is C15H19N3OS. The molecule has 0 bridgehead atoms. The highest BCUT2D eigenvalue weighted by atomic mass is 32.1. The molecule has 1 heterocycles. The molecule has 106 valence electrons. The summed E-state index contributed by atoms with van der Waals surface area (Å²) >= 11 is 1.42. The summed E-state index contributed by atoms with van der Waals surface area (Å²) in [4.78, 5) is 5.12. The first-order valence-electron chi connectivity index (χ1n) is 6.51. The summed E-state index contributed by atoms with van der Waals surface area (Å²) in [5.74, 6) is 1.37. The SMILES string of the molecule is Cc1nc(COc2ccccc2C(C)C)sc1C(=N)N. The summed E-state index contributed by atoms with van der Waals surface area (Å²) in [6, 6.07) is 8.04. The number of nitrogens with two attached hydrogens (primary N) is 1. The first kappa shape index (κ1) is 14.5. The van der Waals surface area contributed by atoms with Crippen LogP contribution in [0.5, 0.6) is 5.75 Å². The fourth-order valence-electron chi connectivity index (χ4n) is 1.99. The molecule has 0 unspecified atom stereocenters. The first-order chi connectivity index (χ1) is 9.49. The lowest BCUT2D eigenvalue weighted by Crippen LogP contribution is -2.10. The number of nitrogens with one attached hydrogen (secondary N) is 1. The van der Waals surface area contributed by atoms with Crippen LogP contribution in [0.25, 0.3) is 0 Å². The molecule has 3 N–H and O–H groups in total. The van der Waals surface area contributed by atoms with Crippen LogP contribution in [0.1, 0.15) is 40.9 Å². The standard InChI is InChI=1S/C15H19N3OS/c1-9(2)11-6-4-5-7-12(11)19-8-13-18-10(3)14(20-13)15(16)17/h4-7,9H,8H2,1-3H3,(H3,16,17). The summed E-state index contributed by atoms with van der Waals surface area (Å²) in [5.41, 5.74) is 7.49. The van der Waals surface area contributed by atoms with Crippen LogP contribution in [0.4, 0.5) is 0 Å². The topological polar surface area (TPSA) is 72.0 Å². The molecule has 0 aliphatic carbocycles. The number of hydrogen-bond acceptors (Lipinski definition) is 4. The van der Waals surface area contributed by atoms with E-state index in [4.69, 9.17) is 15.9 Å². The van der Waals surface area contributed by atoms with E-state index in [1.807, 2.05) is 25.1 Å². The zero-order chi connectivity index (χ0) is 14.7. The number of ether oxygens (including phenoxy) is 1. The average Bonchev–Trinajstić information content (AvgIpc) is 2.78. The average molecular weight is 289 g/mol. The number of hydrogen-bond donors (Lipinski definition) is 2. The van der Waals surface area contributed by atoms with Crippen molar-refractivity contribution in [1.29, 1.82) is 5.41 Å². The van der Waals surface area contributed by atoms with Crippen LogP contribution < -0.4 is 10.5 Å². The summed E-state index contributed by atoms with van der Waals surface area (Å²) in [5, 5.41) is 8.32. The van der Waals surface area contributed by atoms with E-state index in [0.717, 1.165) is 21.3 Å². The number of amidine groups is 1. The maximum absolute atomic E-state index is 7.48. The fourth-order valence-corrected chi connectivity index (χ4v) is 2.83. The Morgan fingerprint density at radius 1 is 1.40 bits per heavy atom. The van der Waals surface area contributed by atoms with Crippen molar-refractivity contribution < 1.29 is 4.74 Å². The lowest BCUT2D eigenvalue weighted by Gasteiger charge is -2.12. The summed E-state index contributed by atoms with van der Waals surface area (Å²) in [6.07, 6.45) is 0. The number of nitrogens with zero attached hydrogens (tertiary/aromatic N) is 1. The van der Waals surface area contributed by atoms with E-state index in [1.54, 1.807) is 0 Å². The zero-order valence-electron chi connectivity index (χ0n) is 11.9. The van der Waals surface area contributed by atoms with Gasteiger partial charge in [0.15, 0.2) is 0 Å². The molecule has 0 radical (unpaired) electrons. The second-order valence-corrected chi connectivity index (χ2v) is 6.00. The molecule has 1 aromatic heterocycles. The molecule has 0 amide bonds. The zero-order valence-corrected chi connectivity index (χ0v) is 12.8. The third-order valence-corrected chi connectivity index (χ3v) is 4.14. The third-order valence-electron chi connectivity index (χ3n) is 2.98. The Balaban J connectivity index is 2.13. The molecule has 4 nitrogen and oxygen atoms in total. The van der Waals surface area contributed by atoms with Gasteiger partial charge < -0.3 is 10.5 Å². The maximum Gasteiger partial charge on any atom is 0.140 e. The second-order valence-electron chi connectivity index (χ2n) is 4.92. The molecule has 0 spiro atoms. The van der Waals surface area contributed by atoms with Crippen LogP contribution in [0.15, 0.2) is 24.3 Å². The van der Waals surface area contributed by atoms with Gasteiger partial charge in [-0.25, -0.2) is 4.98 Å². The first-order valence-corrected chi connectivity index (χ1v) is 7.33. The Kier molecular flexibility index (Phi) is 4.39. The predicted octanol–water partition coefficient (Wildman–Crippen LogP) is 3.44. The Morgan fingerprint density at radius 2 is 2.10 bits per heavy atom. The Morgan fingerprint density at radius 3 is 2.70 bits per heavy atom. The van der Waals surface area contributed by atoms with Crippen molar-refractivity contribution in [1.82, 2.24) is 4.98 Å². The van der Waals surface area contributed by atoms with Gasteiger partial charge in [0, 0.05) is 0 Å². The molecule has 0 aliphatic heterocycles. The van der Waals surface area contributed by atoms with Crippen LogP contribution in [-0.4, -0.2) is 10.8 Å². The highest BCUT2D eigenvalue weighted by molar-refractivity contribution is 7.13. The Labute approximate surface area is 123 Å². The fraction of sp³-hybridized carbons (Fsp3) is 0.333. The van der Waals surface area contributed by atoms with E-state index in [2.05, 4.69) is 24.9 Å². The van der Waals surface area contributed by atoms with E-state index >= 15 is 0 Å². The van der Waals surface area contributed by atoms with Crippen molar-refractivity contribution in [3.05, 3.63) is 45.4 Å². The predicted molar refractivity (Wildman–Crippen MR) is 82.7 cm³/mol. The number of para-hydroxylation sites is 1. The van der Waals surface area contributed by atoms with Crippen LogP contribution in [0.3, 0.4) is 0 Å². The van der Waals surface area contributed by atoms with Gasteiger partial charge >= 0.3 is 0 Å². The Bertz CT molecular complexity index is 619. The summed E-state index contributed by atoms with van der Waals surface area (Å²) in [7, 11) is 0. The lowest BCUT2D eigenvalue weighted by molar-refractivity contribution is 0.301. The van der Waals surface area contributed by atoms with Gasteiger partial charge in [-0.1, -0.05) is 32.0 Å². The van der Waals surface area contributed by atoms with Crippen molar-refractivity contribution >= 4 is 17.2 Å².